The summed E-state index contributed by atoms with van der Waals surface area (Å²) in [5, 5.41) is 2.21. The van der Waals surface area contributed by atoms with Crippen LogP contribution in [0.2, 0.25) is 0 Å². The molecule has 0 aliphatic carbocycles. The molecule has 0 fully saturated rings. The molecule has 0 bridgehead atoms. The summed E-state index contributed by atoms with van der Waals surface area (Å²) in [4.78, 5) is 21.4. The van der Waals surface area contributed by atoms with Gasteiger partial charge in [-0.1, -0.05) is 0 Å². The van der Waals surface area contributed by atoms with E-state index < -0.39 is 0 Å². The molecule has 11 heavy (non-hydrogen) atoms. The van der Waals surface area contributed by atoms with Crippen LogP contribution in [0.5, 0.6) is 0 Å². The lowest BCUT2D eigenvalue weighted by molar-refractivity contribution is -0.129. The molecule has 0 aromatic heterocycles. The van der Waals surface area contributed by atoms with Crippen molar-refractivity contribution in [3.63, 3.8) is 0 Å². The van der Waals surface area contributed by atoms with Crippen molar-refractivity contribution in [1.29, 1.82) is 0 Å². The van der Waals surface area contributed by atoms with Gasteiger partial charge < -0.3 is 0 Å². The molecular formula is C6H11NO2S2. The third kappa shape index (κ3) is 6.25. The molecule has 0 heterocycles. The van der Waals surface area contributed by atoms with Crippen LogP contribution in [0.4, 0.5) is 0 Å². The Balaban J connectivity index is 3.49. The Morgan fingerprint density at radius 1 is 1.00 bits per heavy atom. The zero-order valence-corrected chi connectivity index (χ0v) is 7.83. The Bertz CT molecular complexity index is 134. The normalized spacial score (nSPS) is 9.27. The maximum atomic E-state index is 10.7. The van der Waals surface area contributed by atoms with Crippen molar-refractivity contribution in [3.05, 3.63) is 0 Å². The minimum Gasteiger partial charge on any atom is -0.296 e. The van der Waals surface area contributed by atoms with E-state index in [0.717, 1.165) is 0 Å². The summed E-state index contributed by atoms with van der Waals surface area (Å²) < 4.78 is 0. The third-order valence-corrected chi connectivity index (χ3v) is 1.40. The van der Waals surface area contributed by atoms with Crippen LogP contribution in [0.25, 0.3) is 0 Å². The van der Waals surface area contributed by atoms with E-state index in [1.165, 1.54) is 0 Å². The van der Waals surface area contributed by atoms with E-state index in [1.54, 1.807) is 0 Å². The van der Waals surface area contributed by atoms with Crippen molar-refractivity contribution in [3.8, 4) is 0 Å². The van der Waals surface area contributed by atoms with Gasteiger partial charge in [0.15, 0.2) is 0 Å². The lowest BCUT2D eigenvalue weighted by atomic mass is 10.4. The topological polar surface area (TPSA) is 46.2 Å². The van der Waals surface area contributed by atoms with Crippen LogP contribution in [0.15, 0.2) is 0 Å². The SMILES string of the molecule is O=C(CCS)NC(=O)CCS. The van der Waals surface area contributed by atoms with Gasteiger partial charge >= 0.3 is 0 Å². The maximum Gasteiger partial charge on any atom is 0.227 e. The van der Waals surface area contributed by atoms with E-state index in [2.05, 4.69) is 30.6 Å². The molecular weight excluding hydrogens is 182 g/mol. The smallest absolute Gasteiger partial charge is 0.227 e. The van der Waals surface area contributed by atoms with Gasteiger partial charge in [0.2, 0.25) is 11.8 Å². The van der Waals surface area contributed by atoms with Gasteiger partial charge in [-0.3, -0.25) is 14.9 Å². The lowest BCUT2D eigenvalue weighted by Crippen LogP contribution is -2.30. The first kappa shape index (κ1) is 10.8. The van der Waals surface area contributed by atoms with Crippen LogP contribution in [0, 0.1) is 0 Å². The molecule has 0 unspecified atom stereocenters. The molecule has 3 nitrogen and oxygen atoms in total. The van der Waals surface area contributed by atoms with Crippen LogP contribution < -0.4 is 5.32 Å². The van der Waals surface area contributed by atoms with E-state index in [4.69, 9.17) is 0 Å². The fourth-order valence-corrected chi connectivity index (χ4v) is 0.890. The van der Waals surface area contributed by atoms with Gasteiger partial charge in [0, 0.05) is 12.8 Å². The number of thiol groups is 2. The van der Waals surface area contributed by atoms with Gasteiger partial charge in [-0.2, -0.15) is 25.3 Å². The van der Waals surface area contributed by atoms with Crippen LogP contribution >= 0.6 is 25.3 Å². The van der Waals surface area contributed by atoms with Crippen molar-refractivity contribution in [2.45, 2.75) is 12.8 Å². The predicted octanol–water partition coefficient (Wildman–Crippen LogP) is 0.269. The Morgan fingerprint density at radius 3 is 1.64 bits per heavy atom. The van der Waals surface area contributed by atoms with Gasteiger partial charge in [-0.25, -0.2) is 0 Å². The summed E-state index contributed by atoms with van der Waals surface area (Å²) in [7, 11) is 0. The van der Waals surface area contributed by atoms with Crippen LogP contribution in [0.1, 0.15) is 12.8 Å². The van der Waals surface area contributed by atoms with Crippen LogP contribution in [0.3, 0.4) is 0 Å². The highest BCUT2D eigenvalue weighted by Crippen LogP contribution is 1.86. The first-order valence-electron chi connectivity index (χ1n) is 3.25. The maximum absolute atomic E-state index is 10.7. The summed E-state index contributed by atoms with van der Waals surface area (Å²) >= 11 is 7.69. The number of hydrogen-bond acceptors (Lipinski definition) is 4. The number of rotatable bonds is 4. The monoisotopic (exact) mass is 193 g/mol. The second-order valence-electron chi connectivity index (χ2n) is 1.92. The molecule has 0 spiro atoms. The molecule has 5 heteroatoms. The average molecular weight is 193 g/mol. The summed E-state index contributed by atoms with van der Waals surface area (Å²) in [6, 6.07) is 0. The number of nitrogens with one attached hydrogen (secondary N) is 1. The molecule has 0 saturated heterocycles. The van der Waals surface area contributed by atoms with E-state index in [-0.39, 0.29) is 24.7 Å². The lowest BCUT2D eigenvalue weighted by Gasteiger charge is -1.99. The fourth-order valence-electron chi connectivity index (χ4n) is 0.484. The zero-order chi connectivity index (χ0) is 8.69. The first-order valence-corrected chi connectivity index (χ1v) is 4.51. The van der Waals surface area contributed by atoms with Crippen molar-refractivity contribution in [1.82, 2.24) is 5.32 Å². The van der Waals surface area contributed by atoms with Crippen LogP contribution in [-0.4, -0.2) is 23.3 Å². The number of hydrogen-bond donors (Lipinski definition) is 3. The van der Waals surface area contributed by atoms with E-state index >= 15 is 0 Å². The van der Waals surface area contributed by atoms with E-state index in [0.29, 0.717) is 11.5 Å². The molecule has 0 aliphatic heterocycles. The molecule has 0 saturated carbocycles. The molecule has 0 aromatic rings. The number of carbonyl (C=O) groups is 2. The minimum atomic E-state index is -0.271. The summed E-state index contributed by atoms with van der Waals surface area (Å²) in [5.41, 5.74) is 0. The first-order chi connectivity index (χ1) is 5.20. The summed E-state index contributed by atoms with van der Waals surface area (Å²) in [5.74, 6) is 0.374. The highest BCUT2D eigenvalue weighted by atomic mass is 32.1. The molecule has 0 atom stereocenters. The minimum absolute atomic E-state index is 0.271. The van der Waals surface area contributed by atoms with Gasteiger partial charge in [-0.15, -0.1) is 0 Å². The molecule has 1 N–H and O–H groups in total. The van der Waals surface area contributed by atoms with E-state index in [1.807, 2.05) is 0 Å². The standard InChI is InChI=1S/C6H11NO2S2/c8-5(1-3-10)7-6(9)2-4-11/h10-11H,1-4H2,(H,7,8,9). The largest absolute Gasteiger partial charge is 0.296 e. The molecule has 64 valence electrons. The number of imide groups is 1. The fraction of sp³-hybridized carbons (Fsp3) is 0.667. The Kier molecular flexibility index (Phi) is 6.45. The molecule has 0 rings (SSSR count). The number of amides is 2. The van der Waals surface area contributed by atoms with Crippen molar-refractivity contribution in [2.24, 2.45) is 0 Å². The van der Waals surface area contributed by atoms with Gasteiger partial charge in [0.05, 0.1) is 0 Å². The highest BCUT2D eigenvalue weighted by molar-refractivity contribution is 7.80. The zero-order valence-electron chi connectivity index (χ0n) is 6.04. The number of carbonyl (C=O) groups excluding carboxylic acids is 2. The summed E-state index contributed by atoms with van der Waals surface area (Å²) in [6.45, 7) is 0. The average Bonchev–Trinajstić information content (AvgIpc) is 1.87. The molecule has 2 amide bonds. The Labute approximate surface area is 76.7 Å². The predicted molar refractivity (Wildman–Crippen MR) is 50.1 cm³/mol. The van der Waals surface area contributed by atoms with Crippen molar-refractivity contribution in [2.75, 3.05) is 11.5 Å². The molecule has 0 radical (unpaired) electrons. The Hall–Kier alpha value is -0.160. The van der Waals surface area contributed by atoms with E-state index in [9.17, 15) is 9.59 Å². The second-order valence-corrected chi connectivity index (χ2v) is 2.81. The van der Waals surface area contributed by atoms with Gasteiger partial charge in [-0.05, 0) is 11.5 Å². The molecule has 0 aliphatic rings. The third-order valence-electron chi connectivity index (χ3n) is 0.957. The van der Waals surface area contributed by atoms with Gasteiger partial charge in [0.25, 0.3) is 0 Å². The van der Waals surface area contributed by atoms with Crippen molar-refractivity contribution < 1.29 is 9.59 Å². The highest BCUT2D eigenvalue weighted by Gasteiger charge is 2.04. The second kappa shape index (κ2) is 6.54. The van der Waals surface area contributed by atoms with Gasteiger partial charge in [0.1, 0.15) is 0 Å². The Morgan fingerprint density at radius 2 is 1.36 bits per heavy atom. The van der Waals surface area contributed by atoms with Crippen LogP contribution in [-0.2, 0) is 9.59 Å². The quantitative estimate of drug-likeness (QED) is 0.561. The summed E-state index contributed by atoms with van der Waals surface area (Å²) in [6.07, 6.45) is 0.558. The molecule has 0 aromatic carbocycles. The van der Waals surface area contributed by atoms with Crippen molar-refractivity contribution >= 4 is 37.1 Å².